The van der Waals surface area contributed by atoms with Crippen LogP contribution in [0.15, 0.2) is 42.5 Å². The van der Waals surface area contributed by atoms with E-state index >= 15 is 4.39 Å². The van der Waals surface area contributed by atoms with Crippen molar-refractivity contribution >= 4 is 5.97 Å². The predicted octanol–water partition coefficient (Wildman–Crippen LogP) is 8.71. The van der Waals surface area contributed by atoms with Gasteiger partial charge in [-0.3, -0.25) is 0 Å². The molecule has 35 heavy (non-hydrogen) atoms. The first-order chi connectivity index (χ1) is 17.1. The number of benzene rings is 2. The summed E-state index contributed by atoms with van der Waals surface area (Å²) >= 11 is 0. The predicted molar refractivity (Wildman–Crippen MR) is 139 cm³/mol. The van der Waals surface area contributed by atoms with Crippen molar-refractivity contribution in [1.82, 2.24) is 0 Å². The molecule has 0 N–H and O–H groups in total. The minimum atomic E-state index is -0.544. The van der Waals surface area contributed by atoms with E-state index in [1.165, 1.54) is 70.3 Å². The van der Waals surface area contributed by atoms with Gasteiger partial charge in [0.2, 0.25) is 0 Å². The maximum absolute atomic E-state index is 15.1. The van der Waals surface area contributed by atoms with Gasteiger partial charge in [0.1, 0.15) is 17.3 Å². The highest BCUT2D eigenvalue weighted by atomic mass is 19.1. The van der Waals surface area contributed by atoms with E-state index in [-0.39, 0.29) is 17.3 Å². The lowest BCUT2D eigenvalue weighted by molar-refractivity contribution is 0.0734. The summed E-state index contributed by atoms with van der Waals surface area (Å²) in [6, 6.07) is 11.7. The third-order valence-electron chi connectivity index (χ3n) is 8.38. The number of methoxy groups -OCH3 is 1. The van der Waals surface area contributed by atoms with Crippen LogP contribution in [0.1, 0.15) is 106 Å². The molecule has 2 aromatic rings. The van der Waals surface area contributed by atoms with Gasteiger partial charge in [-0.25, -0.2) is 9.18 Å². The van der Waals surface area contributed by atoms with Crippen LogP contribution >= 0.6 is 0 Å². The fourth-order valence-electron chi connectivity index (χ4n) is 6.36. The molecule has 2 fully saturated rings. The van der Waals surface area contributed by atoms with E-state index in [0.717, 1.165) is 36.2 Å². The molecule has 0 aromatic heterocycles. The number of unbranched alkanes of at least 4 members (excludes halogenated alkanes) is 4. The highest BCUT2D eigenvalue weighted by Gasteiger charge is 2.36. The number of hydrogen-bond donors (Lipinski definition) is 0. The van der Waals surface area contributed by atoms with E-state index in [2.05, 4.69) is 6.92 Å². The summed E-state index contributed by atoms with van der Waals surface area (Å²) in [5.41, 5.74) is 1.01. The van der Waals surface area contributed by atoms with Crippen LogP contribution in [0.3, 0.4) is 0 Å². The van der Waals surface area contributed by atoms with Gasteiger partial charge >= 0.3 is 5.97 Å². The maximum Gasteiger partial charge on any atom is 0.343 e. The van der Waals surface area contributed by atoms with Crippen molar-refractivity contribution in [2.24, 2.45) is 17.8 Å². The SMILES string of the molecule is CCCCCCCC1CCC2CC(c3ccc(C(=O)Oc4ccc(OC)cc4)cc3F)CCC2C1. The van der Waals surface area contributed by atoms with Crippen LogP contribution in [0, 0.1) is 23.6 Å². The highest BCUT2D eigenvalue weighted by molar-refractivity contribution is 5.91. The summed E-state index contributed by atoms with van der Waals surface area (Å²) in [5, 5.41) is 0. The van der Waals surface area contributed by atoms with E-state index in [1.807, 2.05) is 6.07 Å². The van der Waals surface area contributed by atoms with Crippen LogP contribution in [0.4, 0.5) is 4.39 Å². The van der Waals surface area contributed by atoms with Crippen molar-refractivity contribution < 1.29 is 18.7 Å². The molecule has 0 spiro atoms. The third kappa shape index (κ3) is 6.86. The van der Waals surface area contributed by atoms with E-state index in [0.29, 0.717) is 11.5 Å². The Kier molecular flexibility index (Phi) is 9.23. The van der Waals surface area contributed by atoms with Crippen molar-refractivity contribution in [3.8, 4) is 11.5 Å². The monoisotopic (exact) mass is 480 g/mol. The third-order valence-corrected chi connectivity index (χ3v) is 8.38. The molecule has 3 nitrogen and oxygen atoms in total. The zero-order chi connectivity index (χ0) is 24.6. The second-order valence-corrected chi connectivity index (χ2v) is 10.7. The van der Waals surface area contributed by atoms with Crippen LogP contribution < -0.4 is 9.47 Å². The van der Waals surface area contributed by atoms with Crippen molar-refractivity contribution in [1.29, 1.82) is 0 Å². The summed E-state index contributed by atoms with van der Waals surface area (Å²) in [5.74, 6) is 2.99. The number of carbonyl (C=O) groups is 1. The second-order valence-electron chi connectivity index (χ2n) is 10.7. The first kappa shape index (κ1) is 25.7. The van der Waals surface area contributed by atoms with Gasteiger partial charge in [-0.2, -0.15) is 0 Å². The average Bonchev–Trinajstić information content (AvgIpc) is 2.88. The van der Waals surface area contributed by atoms with Crippen LogP contribution in [-0.2, 0) is 0 Å². The number of ether oxygens (including phenoxy) is 2. The molecule has 190 valence electrons. The Hall–Kier alpha value is -2.36. The normalized spacial score (nSPS) is 24.0. The lowest BCUT2D eigenvalue weighted by Gasteiger charge is -2.42. The molecule has 2 aliphatic rings. The van der Waals surface area contributed by atoms with Crippen LogP contribution in [-0.4, -0.2) is 13.1 Å². The average molecular weight is 481 g/mol. The number of hydrogen-bond acceptors (Lipinski definition) is 3. The van der Waals surface area contributed by atoms with Gasteiger partial charge in [-0.05, 0) is 97.7 Å². The molecule has 0 saturated heterocycles. The molecule has 0 amide bonds. The Bertz CT molecular complexity index is 954. The summed E-state index contributed by atoms with van der Waals surface area (Å²) in [7, 11) is 1.58. The first-order valence-corrected chi connectivity index (χ1v) is 13.7. The maximum atomic E-state index is 15.1. The van der Waals surface area contributed by atoms with Crippen molar-refractivity contribution in [2.45, 2.75) is 89.9 Å². The Morgan fingerprint density at radius 3 is 2.34 bits per heavy atom. The molecular formula is C31H41FO3. The van der Waals surface area contributed by atoms with Gasteiger partial charge in [0.05, 0.1) is 12.7 Å². The Balaban J connectivity index is 1.29. The lowest BCUT2D eigenvalue weighted by Crippen LogP contribution is -2.30. The topological polar surface area (TPSA) is 35.5 Å². The molecule has 2 aromatic carbocycles. The van der Waals surface area contributed by atoms with Crippen LogP contribution in [0.5, 0.6) is 11.5 Å². The van der Waals surface area contributed by atoms with Crippen LogP contribution in [0.2, 0.25) is 0 Å². The van der Waals surface area contributed by atoms with Gasteiger partial charge in [-0.1, -0.05) is 57.9 Å². The fourth-order valence-corrected chi connectivity index (χ4v) is 6.36. The largest absolute Gasteiger partial charge is 0.497 e. The molecule has 4 rings (SSSR count). The van der Waals surface area contributed by atoms with E-state index < -0.39 is 5.97 Å². The molecule has 2 saturated carbocycles. The number of halogens is 1. The van der Waals surface area contributed by atoms with Gasteiger partial charge in [0.25, 0.3) is 0 Å². The summed E-state index contributed by atoms with van der Waals surface area (Å²) in [4.78, 5) is 12.5. The molecule has 0 radical (unpaired) electrons. The van der Waals surface area contributed by atoms with Gasteiger partial charge < -0.3 is 9.47 Å². The number of rotatable bonds is 10. The molecule has 0 heterocycles. The molecule has 4 unspecified atom stereocenters. The Labute approximate surface area is 210 Å². The van der Waals surface area contributed by atoms with Crippen molar-refractivity contribution in [3.05, 3.63) is 59.4 Å². The Morgan fingerprint density at radius 1 is 0.886 bits per heavy atom. The Morgan fingerprint density at radius 2 is 1.60 bits per heavy atom. The molecule has 4 heteroatoms. The highest BCUT2D eigenvalue weighted by Crippen LogP contribution is 2.48. The lowest BCUT2D eigenvalue weighted by atomic mass is 9.63. The second kappa shape index (κ2) is 12.6. The number of carbonyl (C=O) groups excluding carboxylic acids is 1. The minimum absolute atomic E-state index is 0.246. The minimum Gasteiger partial charge on any atom is -0.497 e. The first-order valence-electron chi connectivity index (χ1n) is 13.7. The number of fused-ring (bicyclic) bond motifs is 1. The number of esters is 1. The van der Waals surface area contributed by atoms with Gasteiger partial charge in [0, 0.05) is 0 Å². The fraction of sp³-hybridized carbons (Fsp3) is 0.581. The summed E-state index contributed by atoms with van der Waals surface area (Å²) in [6.45, 7) is 2.27. The molecular weight excluding hydrogens is 439 g/mol. The van der Waals surface area contributed by atoms with Gasteiger partial charge in [-0.15, -0.1) is 0 Å². The molecule has 0 aliphatic heterocycles. The van der Waals surface area contributed by atoms with Crippen molar-refractivity contribution in [2.75, 3.05) is 7.11 Å². The summed E-state index contributed by atoms with van der Waals surface area (Å²) in [6.07, 6.45) is 15.6. The summed E-state index contributed by atoms with van der Waals surface area (Å²) < 4.78 is 25.6. The molecule has 0 bridgehead atoms. The standard InChI is InChI=1S/C31H41FO3/c1-3-4-5-6-7-8-22-9-10-24-20-25(12-11-23(24)19-22)29-18-13-26(21-30(29)32)31(33)35-28-16-14-27(34-2)15-17-28/h13-18,21-25H,3-12,19-20H2,1-2H3. The van der Waals surface area contributed by atoms with E-state index in [4.69, 9.17) is 9.47 Å². The van der Waals surface area contributed by atoms with E-state index in [9.17, 15) is 4.79 Å². The van der Waals surface area contributed by atoms with Crippen LogP contribution in [0.25, 0.3) is 0 Å². The zero-order valence-electron chi connectivity index (χ0n) is 21.4. The zero-order valence-corrected chi connectivity index (χ0v) is 21.4. The quantitative estimate of drug-likeness (QED) is 0.194. The van der Waals surface area contributed by atoms with E-state index in [1.54, 1.807) is 37.4 Å². The van der Waals surface area contributed by atoms with Crippen molar-refractivity contribution in [3.63, 3.8) is 0 Å². The smallest absolute Gasteiger partial charge is 0.343 e. The molecule has 2 aliphatic carbocycles. The van der Waals surface area contributed by atoms with Gasteiger partial charge in [0.15, 0.2) is 0 Å². The molecule has 4 atom stereocenters.